The molecule has 1 N–H and O–H groups in total. The van der Waals surface area contributed by atoms with Crippen LogP contribution in [0.5, 0.6) is 11.5 Å². The fourth-order valence-corrected chi connectivity index (χ4v) is 3.42. The number of rotatable bonds is 8. The van der Waals surface area contributed by atoms with Crippen molar-refractivity contribution < 1.29 is 9.47 Å². The molecule has 1 atom stereocenters. The fraction of sp³-hybridized carbons (Fsp3) is 0.667. The standard InChI is InChI=1S/C18H29NO2/c1-4-19-17(12-9-14-7-5-6-8-14)16-11-10-15(20-2)13-18(16)21-3/h10-11,13-14,17,19H,4-9,12H2,1-3H3. The van der Waals surface area contributed by atoms with Crippen molar-refractivity contribution in [3.63, 3.8) is 0 Å². The van der Waals surface area contributed by atoms with Crippen molar-refractivity contribution in [2.75, 3.05) is 20.8 Å². The van der Waals surface area contributed by atoms with Gasteiger partial charge in [-0.05, 0) is 31.4 Å². The van der Waals surface area contributed by atoms with Gasteiger partial charge in [-0.25, -0.2) is 0 Å². The highest BCUT2D eigenvalue weighted by molar-refractivity contribution is 5.42. The smallest absolute Gasteiger partial charge is 0.127 e. The second kappa shape index (κ2) is 8.28. The van der Waals surface area contributed by atoms with Gasteiger partial charge in [-0.3, -0.25) is 0 Å². The van der Waals surface area contributed by atoms with Crippen LogP contribution in [0.1, 0.15) is 57.1 Å². The van der Waals surface area contributed by atoms with E-state index >= 15 is 0 Å². The normalized spacial score (nSPS) is 16.9. The van der Waals surface area contributed by atoms with Crippen LogP contribution in [-0.4, -0.2) is 20.8 Å². The monoisotopic (exact) mass is 291 g/mol. The molecule has 1 aromatic rings. The molecule has 0 saturated heterocycles. The van der Waals surface area contributed by atoms with E-state index in [2.05, 4.69) is 18.3 Å². The Morgan fingerprint density at radius 3 is 2.57 bits per heavy atom. The van der Waals surface area contributed by atoms with Gasteiger partial charge < -0.3 is 14.8 Å². The minimum atomic E-state index is 0.372. The molecule has 0 heterocycles. The third-order valence-electron chi connectivity index (χ3n) is 4.60. The highest BCUT2D eigenvalue weighted by atomic mass is 16.5. The van der Waals surface area contributed by atoms with E-state index in [0.717, 1.165) is 24.0 Å². The van der Waals surface area contributed by atoms with E-state index in [1.807, 2.05) is 12.1 Å². The first-order chi connectivity index (χ1) is 10.3. The van der Waals surface area contributed by atoms with E-state index in [4.69, 9.17) is 9.47 Å². The van der Waals surface area contributed by atoms with E-state index in [1.54, 1.807) is 14.2 Å². The first-order valence-corrected chi connectivity index (χ1v) is 8.23. The van der Waals surface area contributed by atoms with Crippen molar-refractivity contribution in [2.45, 2.75) is 51.5 Å². The van der Waals surface area contributed by atoms with Crippen molar-refractivity contribution >= 4 is 0 Å². The largest absolute Gasteiger partial charge is 0.497 e. The summed E-state index contributed by atoms with van der Waals surface area (Å²) in [5.74, 6) is 2.70. The summed E-state index contributed by atoms with van der Waals surface area (Å²) < 4.78 is 10.9. The highest BCUT2D eigenvalue weighted by Crippen LogP contribution is 2.35. The number of hydrogen-bond acceptors (Lipinski definition) is 3. The maximum absolute atomic E-state index is 5.57. The molecule has 0 aliphatic heterocycles. The Balaban J connectivity index is 2.08. The Morgan fingerprint density at radius 2 is 1.95 bits per heavy atom. The van der Waals surface area contributed by atoms with Crippen LogP contribution >= 0.6 is 0 Å². The average molecular weight is 291 g/mol. The Hall–Kier alpha value is -1.22. The molecular formula is C18H29NO2. The predicted octanol–water partition coefficient (Wildman–Crippen LogP) is 4.32. The van der Waals surface area contributed by atoms with E-state index in [0.29, 0.717) is 6.04 Å². The van der Waals surface area contributed by atoms with Gasteiger partial charge in [-0.15, -0.1) is 0 Å². The summed E-state index contributed by atoms with van der Waals surface area (Å²) >= 11 is 0. The lowest BCUT2D eigenvalue weighted by Crippen LogP contribution is -2.22. The van der Waals surface area contributed by atoms with Crippen molar-refractivity contribution in [3.8, 4) is 11.5 Å². The molecule has 1 fully saturated rings. The first kappa shape index (κ1) is 16.2. The van der Waals surface area contributed by atoms with Gasteiger partial charge in [0.05, 0.1) is 14.2 Å². The Morgan fingerprint density at radius 1 is 1.19 bits per heavy atom. The third-order valence-corrected chi connectivity index (χ3v) is 4.60. The van der Waals surface area contributed by atoms with Crippen LogP contribution in [-0.2, 0) is 0 Å². The molecule has 1 aliphatic carbocycles. The van der Waals surface area contributed by atoms with Crippen molar-refractivity contribution in [1.82, 2.24) is 5.32 Å². The minimum Gasteiger partial charge on any atom is -0.497 e. The van der Waals surface area contributed by atoms with Gasteiger partial charge >= 0.3 is 0 Å². The van der Waals surface area contributed by atoms with Crippen molar-refractivity contribution in [2.24, 2.45) is 5.92 Å². The lowest BCUT2D eigenvalue weighted by atomic mass is 9.94. The van der Waals surface area contributed by atoms with Gasteiger partial charge in [0.25, 0.3) is 0 Å². The quantitative estimate of drug-likeness (QED) is 0.773. The summed E-state index contributed by atoms with van der Waals surface area (Å²) in [6.45, 7) is 3.14. The van der Waals surface area contributed by atoms with Crippen LogP contribution in [0, 0.1) is 5.92 Å². The molecule has 3 heteroatoms. The molecule has 0 amide bonds. The molecule has 1 aliphatic rings. The SMILES string of the molecule is CCNC(CCC1CCCC1)c1ccc(OC)cc1OC. The van der Waals surface area contributed by atoms with Crippen LogP contribution in [0.15, 0.2) is 18.2 Å². The van der Waals surface area contributed by atoms with E-state index < -0.39 is 0 Å². The molecule has 0 bridgehead atoms. The highest BCUT2D eigenvalue weighted by Gasteiger charge is 2.20. The van der Waals surface area contributed by atoms with Gasteiger partial charge in [0.2, 0.25) is 0 Å². The molecular weight excluding hydrogens is 262 g/mol. The van der Waals surface area contributed by atoms with Gasteiger partial charge in [0, 0.05) is 17.7 Å². The van der Waals surface area contributed by atoms with Crippen molar-refractivity contribution in [1.29, 1.82) is 0 Å². The zero-order valence-electron chi connectivity index (χ0n) is 13.7. The molecule has 21 heavy (non-hydrogen) atoms. The van der Waals surface area contributed by atoms with Gasteiger partial charge in [-0.1, -0.05) is 38.7 Å². The Labute approximate surface area is 129 Å². The number of hydrogen-bond donors (Lipinski definition) is 1. The van der Waals surface area contributed by atoms with Crippen LogP contribution in [0.25, 0.3) is 0 Å². The zero-order valence-corrected chi connectivity index (χ0v) is 13.7. The molecule has 0 spiro atoms. The van der Waals surface area contributed by atoms with Crippen LogP contribution < -0.4 is 14.8 Å². The second-order valence-electron chi connectivity index (χ2n) is 5.95. The summed E-state index contributed by atoms with van der Waals surface area (Å²) in [6.07, 6.45) is 8.16. The van der Waals surface area contributed by atoms with Gasteiger partial charge in [0.15, 0.2) is 0 Å². The summed E-state index contributed by atoms with van der Waals surface area (Å²) in [5.41, 5.74) is 1.25. The molecule has 118 valence electrons. The molecule has 1 unspecified atom stereocenters. The molecule has 0 aromatic heterocycles. The zero-order chi connectivity index (χ0) is 15.1. The molecule has 0 radical (unpaired) electrons. The summed E-state index contributed by atoms with van der Waals surface area (Å²) in [6, 6.07) is 6.52. The van der Waals surface area contributed by atoms with Crippen LogP contribution in [0.2, 0.25) is 0 Å². The number of methoxy groups -OCH3 is 2. The average Bonchev–Trinajstić information content (AvgIpc) is 3.04. The van der Waals surface area contributed by atoms with Crippen LogP contribution in [0.4, 0.5) is 0 Å². The summed E-state index contributed by atoms with van der Waals surface area (Å²) in [7, 11) is 3.43. The number of benzene rings is 1. The topological polar surface area (TPSA) is 30.5 Å². The first-order valence-electron chi connectivity index (χ1n) is 8.23. The minimum absolute atomic E-state index is 0.372. The van der Waals surface area contributed by atoms with E-state index in [1.165, 1.54) is 44.1 Å². The second-order valence-corrected chi connectivity index (χ2v) is 5.95. The summed E-state index contributed by atoms with van der Waals surface area (Å²) in [5, 5.41) is 3.61. The number of nitrogens with one attached hydrogen (secondary N) is 1. The van der Waals surface area contributed by atoms with Gasteiger partial charge in [0.1, 0.15) is 11.5 Å². The third kappa shape index (κ3) is 4.37. The molecule has 1 aromatic carbocycles. The molecule has 1 saturated carbocycles. The predicted molar refractivity (Wildman–Crippen MR) is 87.2 cm³/mol. The van der Waals surface area contributed by atoms with Gasteiger partial charge in [-0.2, -0.15) is 0 Å². The maximum atomic E-state index is 5.57. The van der Waals surface area contributed by atoms with E-state index in [9.17, 15) is 0 Å². The van der Waals surface area contributed by atoms with Crippen molar-refractivity contribution in [3.05, 3.63) is 23.8 Å². The maximum Gasteiger partial charge on any atom is 0.127 e. The molecule has 3 nitrogen and oxygen atoms in total. The molecule has 2 rings (SSSR count). The Kier molecular flexibility index (Phi) is 6.37. The lowest BCUT2D eigenvalue weighted by molar-refractivity contribution is 0.372. The lowest BCUT2D eigenvalue weighted by Gasteiger charge is -2.22. The number of ether oxygens (including phenoxy) is 2. The summed E-state index contributed by atoms with van der Waals surface area (Å²) in [4.78, 5) is 0. The van der Waals surface area contributed by atoms with E-state index in [-0.39, 0.29) is 0 Å². The fourth-order valence-electron chi connectivity index (χ4n) is 3.42. The Bertz CT molecular complexity index is 427. The van der Waals surface area contributed by atoms with Crippen LogP contribution in [0.3, 0.4) is 0 Å².